The maximum Gasteiger partial charge on any atom is 0.137 e. The number of hydrogen-bond donors (Lipinski definition) is 0. The molecule has 0 spiro atoms. The summed E-state index contributed by atoms with van der Waals surface area (Å²) in [6.45, 7) is 0. The summed E-state index contributed by atoms with van der Waals surface area (Å²) in [6.07, 6.45) is 4.27. The van der Waals surface area contributed by atoms with Gasteiger partial charge in [0.1, 0.15) is 22.3 Å². The smallest absolute Gasteiger partial charge is 0.137 e. The van der Waals surface area contributed by atoms with Crippen LogP contribution in [0.1, 0.15) is 0 Å². The summed E-state index contributed by atoms with van der Waals surface area (Å²) in [5.41, 5.74) is 12.4. The second-order valence-corrected chi connectivity index (χ2v) is 14.7. The van der Waals surface area contributed by atoms with Gasteiger partial charge in [0.15, 0.2) is 0 Å². The highest BCUT2D eigenvalue weighted by atomic mass is 16.3. The maximum absolute atomic E-state index is 6.56. The third-order valence-corrected chi connectivity index (χ3v) is 11.3. The molecule has 4 heterocycles. The lowest BCUT2D eigenvalue weighted by Gasteiger charge is -2.25. The van der Waals surface area contributed by atoms with Crippen molar-refractivity contribution in [1.82, 2.24) is 4.40 Å². The zero-order chi connectivity index (χ0) is 36.7. The highest BCUT2D eigenvalue weighted by Gasteiger charge is 2.18. The average Bonchev–Trinajstić information content (AvgIpc) is 3.95. The lowest BCUT2D eigenvalue weighted by atomic mass is 10.0. The summed E-state index contributed by atoms with van der Waals surface area (Å²) < 4.78 is 15.3. The van der Waals surface area contributed by atoms with Crippen LogP contribution in [0.25, 0.3) is 93.2 Å². The Bertz CT molecular complexity index is 3290. The molecule has 0 bridgehead atoms. The van der Waals surface area contributed by atoms with Gasteiger partial charge in [-0.15, -0.1) is 0 Å². The van der Waals surface area contributed by atoms with Crippen LogP contribution >= 0.6 is 0 Å². The van der Waals surface area contributed by atoms with Gasteiger partial charge in [-0.2, -0.15) is 0 Å². The summed E-state index contributed by atoms with van der Waals surface area (Å²) in [5, 5.41) is 9.18. The average molecular weight is 717 g/mol. The van der Waals surface area contributed by atoms with Crippen LogP contribution < -0.4 is 4.90 Å². The van der Waals surface area contributed by atoms with E-state index < -0.39 is 0 Å². The second kappa shape index (κ2) is 12.0. The van der Waals surface area contributed by atoms with Gasteiger partial charge >= 0.3 is 0 Å². The quantitative estimate of drug-likeness (QED) is 0.178. The minimum atomic E-state index is 0.849. The highest BCUT2D eigenvalue weighted by Crippen LogP contribution is 2.42. The first-order valence-electron chi connectivity index (χ1n) is 19.0. The first kappa shape index (κ1) is 30.9. The molecular weight excluding hydrogens is 685 g/mol. The van der Waals surface area contributed by atoms with Crippen molar-refractivity contribution in [2.75, 3.05) is 4.90 Å². The van der Waals surface area contributed by atoms with Crippen molar-refractivity contribution < 1.29 is 8.83 Å². The van der Waals surface area contributed by atoms with Gasteiger partial charge in [0.05, 0.1) is 0 Å². The number of fused-ring (bicyclic) bond motifs is 9. The van der Waals surface area contributed by atoms with Crippen LogP contribution in [0.15, 0.2) is 203 Å². The molecule has 0 aliphatic heterocycles. The van der Waals surface area contributed by atoms with E-state index in [0.717, 1.165) is 66.5 Å². The predicted molar refractivity (Wildman–Crippen MR) is 233 cm³/mol. The van der Waals surface area contributed by atoms with Gasteiger partial charge in [-0.1, -0.05) is 91.0 Å². The third-order valence-electron chi connectivity index (χ3n) is 11.3. The predicted octanol–water partition coefficient (Wildman–Crippen LogP) is 14.8. The Morgan fingerprint density at radius 1 is 0.339 bits per heavy atom. The number of aromatic nitrogens is 1. The number of pyridine rings is 1. The van der Waals surface area contributed by atoms with E-state index in [2.05, 4.69) is 204 Å². The Hall–Kier alpha value is -7.56. The molecule has 56 heavy (non-hydrogen) atoms. The molecule has 0 fully saturated rings. The molecular formula is C52H32N2O2. The van der Waals surface area contributed by atoms with Gasteiger partial charge in [-0.25, -0.2) is 0 Å². The minimum Gasteiger partial charge on any atom is -0.456 e. The van der Waals surface area contributed by atoms with Gasteiger partial charge in [0.2, 0.25) is 0 Å². The van der Waals surface area contributed by atoms with E-state index in [1.165, 1.54) is 43.8 Å². The molecule has 4 aromatic heterocycles. The van der Waals surface area contributed by atoms with E-state index in [4.69, 9.17) is 8.83 Å². The van der Waals surface area contributed by atoms with Crippen LogP contribution in [0, 0.1) is 0 Å². The van der Waals surface area contributed by atoms with Gasteiger partial charge < -0.3 is 18.1 Å². The summed E-state index contributed by atoms with van der Waals surface area (Å²) >= 11 is 0. The van der Waals surface area contributed by atoms with Crippen molar-refractivity contribution in [3.05, 3.63) is 194 Å². The topological polar surface area (TPSA) is 33.9 Å². The number of nitrogens with zero attached hydrogens (tertiary/aromatic N) is 2. The molecule has 0 saturated heterocycles. The van der Waals surface area contributed by atoms with Crippen LogP contribution in [-0.4, -0.2) is 4.40 Å². The fraction of sp³-hybridized carbons (Fsp3) is 0. The number of anilines is 3. The molecule has 0 aliphatic rings. The molecule has 4 nitrogen and oxygen atoms in total. The summed E-state index contributed by atoms with van der Waals surface area (Å²) in [7, 11) is 0. The van der Waals surface area contributed by atoms with Crippen molar-refractivity contribution in [2.45, 2.75) is 0 Å². The lowest BCUT2D eigenvalue weighted by molar-refractivity contribution is 0.669. The molecule has 0 aliphatic carbocycles. The number of rotatable bonds is 5. The second-order valence-electron chi connectivity index (χ2n) is 14.7. The molecule has 12 aromatic rings. The first-order valence-corrected chi connectivity index (χ1v) is 19.0. The minimum absolute atomic E-state index is 0.849. The van der Waals surface area contributed by atoms with Crippen LogP contribution in [0.3, 0.4) is 0 Å². The van der Waals surface area contributed by atoms with Crippen molar-refractivity contribution in [2.24, 2.45) is 0 Å². The van der Waals surface area contributed by atoms with E-state index >= 15 is 0 Å². The summed E-state index contributed by atoms with van der Waals surface area (Å²) in [4.78, 5) is 2.29. The van der Waals surface area contributed by atoms with Crippen molar-refractivity contribution in [3.63, 3.8) is 0 Å². The zero-order valence-electron chi connectivity index (χ0n) is 30.2. The van der Waals surface area contributed by atoms with E-state index in [1.54, 1.807) is 0 Å². The Kier molecular flexibility index (Phi) is 6.60. The van der Waals surface area contributed by atoms with Gasteiger partial charge in [0.25, 0.3) is 0 Å². The number of hydrogen-bond acceptors (Lipinski definition) is 3. The molecule has 0 amide bonds. The molecule has 0 saturated carbocycles. The molecule has 0 N–H and O–H groups in total. The molecule has 0 radical (unpaired) electrons. The van der Waals surface area contributed by atoms with Crippen LogP contribution in [0.2, 0.25) is 0 Å². The van der Waals surface area contributed by atoms with Crippen molar-refractivity contribution in [3.8, 4) is 22.3 Å². The summed E-state index contributed by atoms with van der Waals surface area (Å²) in [6, 6.07) is 64.9. The van der Waals surface area contributed by atoms with E-state index in [9.17, 15) is 0 Å². The van der Waals surface area contributed by atoms with Crippen molar-refractivity contribution >= 4 is 88.0 Å². The van der Waals surface area contributed by atoms with Gasteiger partial charge in [-0.05, 0) is 117 Å². The molecule has 8 aromatic carbocycles. The van der Waals surface area contributed by atoms with Crippen LogP contribution in [-0.2, 0) is 0 Å². The largest absolute Gasteiger partial charge is 0.456 e. The number of benzene rings is 8. The van der Waals surface area contributed by atoms with E-state index in [0.29, 0.717) is 0 Å². The summed E-state index contributed by atoms with van der Waals surface area (Å²) in [5.74, 6) is 0. The fourth-order valence-corrected chi connectivity index (χ4v) is 8.50. The Balaban J connectivity index is 0.964. The Morgan fingerprint density at radius 2 is 0.786 bits per heavy atom. The highest BCUT2D eigenvalue weighted by molar-refractivity contribution is 6.12. The SMILES string of the molecule is c1ccc2cc3c(cc2c1)oc1cc(N(c2ccc(-c4ccc(-c5cc6ccccn6c5)cc4)cc2)c2ccc4c(c2)oc2cc5ccccc5cc24)ccc13. The fourth-order valence-electron chi connectivity index (χ4n) is 8.50. The van der Waals surface area contributed by atoms with Crippen molar-refractivity contribution in [1.29, 1.82) is 0 Å². The first-order chi connectivity index (χ1) is 27.7. The molecule has 0 atom stereocenters. The normalized spacial score (nSPS) is 11.9. The molecule has 0 unspecified atom stereocenters. The van der Waals surface area contributed by atoms with E-state index in [1.807, 2.05) is 0 Å². The molecule has 4 heteroatoms. The zero-order valence-corrected chi connectivity index (χ0v) is 30.2. The van der Waals surface area contributed by atoms with Gasteiger partial charge in [-0.3, -0.25) is 0 Å². The van der Waals surface area contributed by atoms with Crippen LogP contribution in [0.4, 0.5) is 17.1 Å². The Morgan fingerprint density at radius 3 is 1.32 bits per heavy atom. The molecule has 262 valence electrons. The number of furan rings is 2. The van der Waals surface area contributed by atoms with E-state index in [-0.39, 0.29) is 0 Å². The maximum atomic E-state index is 6.56. The molecule has 12 rings (SSSR count). The van der Waals surface area contributed by atoms with Gasteiger partial charge in [0, 0.05) is 74.2 Å². The lowest BCUT2D eigenvalue weighted by Crippen LogP contribution is -2.09. The third kappa shape index (κ3) is 4.93. The van der Waals surface area contributed by atoms with Crippen LogP contribution in [0.5, 0.6) is 0 Å². The standard InChI is InChI=1S/C52H32N2O2/c1-3-9-38-28-49-47(26-36(38)7-1)45-22-20-43(30-51(45)55-49)54(44-21-23-46-48-27-37-8-2-4-10-39(37)29-50(48)56-52(46)31-44)41-18-16-34(17-19-41)33-12-14-35(15-13-33)40-25-42-11-5-6-24-53(42)32-40/h1-32H. The Labute approximate surface area is 321 Å². The monoisotopic (exact) mass is 716 g/mol.